The molecule has 1 fully saturated rings. The van der Waals surface area contributed by atoms with Gasteiger partial charge in [0.15, 0.2) is 6.10 Å². The average Bonchev–Trinajstić information content (AvgIpc) is 3.09. The molecule has 4 rings (SSSR count). The largest absolute Gasteiger partial charge is 0.480 e. The molecule has 0 radical (unpaired) electrons. The zero-order valence-electron chi connectivity index (χ0n) is 27.7. The molecule has 1 aliphatic heterocycles. The van der Waals surface area contributed by atoms with Gasteiger partial charge in [0.05, 0.1) is 19.3 Å². The van der Waals surface area contributed by atoms with Crippen LogP contribution in [0.2, 0.25) is 10.0 Å². The monoisotopic (exact) mass is 732 g/mol. The van der Waals surface area contributed by atoms with Gasteiger partial charge >= 0.3 is 5.92 Å². The van der Waals surface area contributed by atoms with E-state index in [9.17, 15) is 19.2 Å². The summed E-state index contributed by atoms with van der Waals surface area (Å²) in [5, 5.41) is 7.75. The second kappa shape index (κ2) is 18.2. The van der Waals surface area contributed by atoms with Crippen LogP contribution in [0.5, 0.6) is 5.75 Å². The molecule has 50 heavy (non-hydrogen) atoms. The fourth-order valence-corrected chi connectivity index (χ4v) is 5.81. The lowest BCUT2D eigenvalue weighted by Gasteiger charge is -2.29. The summed E-state index contributed by atoms with van der Waals surface area (Å²) in [5.41, 5.74) is 1.06. The third kappa shape index (κ3) is 10.9. The first-order valence-electron chi connectivity index (χ1n) is 16.2. The Morgan fingerprint density at radius 3 is 2.08 bits per heavy atom. The fourth-order valence-electron chi connectivity index (χ4n) is 5.30. The molecule has 1 heterocycles. The summed E-state index contributed by atoms with van der Waals surface area (Å²) < 4.78 is 41.9. The fraction of sp³-hybridized carbons (Fsp3) is 0.389. The molecular weight excluding hydrogens is 693 g/mol. The maximum atomic E-state index is 15.3. The van der Waals surface area contributed by atoms with Gasteiger partial charge in [0, 0.05) is 42.6 Å². The van der Waals surface area contributed by atoms with Crippen LogP contribution < -0.4 is 20.7 Å². The van der Waals surface area contributed by atoms with E-state index < -0.39 is 53.5 Å². The highest BCUT2D eigenvalue weighted by Crippen LogP contribution is 2.27. The van der Waals surface area contributed by atoms with Gasteiger partial charge in [-0.1, -0.05) is 97.7 Å². The minimum atomic E-state index is -4.44. The summed E-state index contributed by atoms with van der Waals surface area (Å²) in [7, 11) is 0. The van der Waals surface area contributed by atoms with Crippen LogP contribution in [0, 0.1) is 5.92 Å². The van der Waals surface area contributed by atoms with E-state index >= 15 is 8.78 Å². The van der Waals surface area contributed by atoms with Crippen LogP contribution in [0.3, 0.4) is 0 Å². The van der Waals surface area contributed by atoms with Gasteiger partial charge in [-0.3, -0.25) is 24.1 Å². The summed E-state index contributed by atoms with van der Waals surface area (Å²) >= 11 is 12.3. The molecule has 3 aromatic carbocycles. The Morgan fingerprint density at radius 1 is 0.880 bits per heavy atom. The Kier molecular flexibility index (Phi) is 14.1. The number of alkyl halides is 2. The van der Waals surface area contributed by atoms with E-state index in [-0.39, 0.29) is 28.8 Å². The standard InChI is InChI=1S/C36H40Cl2F2N4O6/c1-23(2)30(32(45)36(39,40)35(48)41-13-14-44-15-17-49-18-16-44)42-34(47)31(25-11-7-4-8-12-25)43-33(46)29(19-24-9-5-3-6-10-24)50-28-21-26(37)20-27(38)22-28/h3-12,20-23,29-31H,13-19H2,1-2H3,(H,41,48)(H,42,47)(H,43,46)/t29-,30+,31+/m1/s1. The molecule has 0 saturated carbocycles. The molecule has 0 aromatic heterocycles. The van der Waals surface area contributed by atoms with Gasteiger partial charge in [-0.05, 0) is 35.2 Å². The van der Waals surface area contributed by atoms with E-state index in [0.717, 1.165) is 5.56 Å². The number of hydrogen-bond acceptors (Lipinski definition) is 7. The summed E-state index contributed by atoms with van der Waals surface area (Å²) in [6, 6.07) is 18.4. The number of hydrogen-bond donors (Lipinski definition) is 3. The van der Waals surface area contributed by atoms with Gasteiger partial charge in [-0.15, -0.1) is 0 Å². The number of nitrogens with one attached hydrogen (secondary N) is 3. The Hall–Kier alpha value is -4.10. The number of nitrogens with zero attached hydrogens (tertiary/aromatic N) is 1. The highest BCUT2D eigenvalue weighted by Gasteiger charge is 2.51. The molecular formula is C36H40Cl2F2N4O6. The van der Waals surface area contributed by atoms with Crippen LogP contribution in [0.1, 0.15) is 31.0 Å². The zero-order chi connectivity index (χ0) is 36.3. The SMILES string of the molecule is CC(C)[C@H](NC(=O)[C@@H](NC(=O)[C@@H](Cc1ccccc1)Oc1cc(Cl)cc(Cl)c1)c1ccccc1)C(=O)C(F)(F)C(=O)NCCN1CCOCC1. The van der Waals surface area contributed by atoms with Crippen molar-refractivity contribution in [3.05, 3.63) is 100 Å². The van der Waals surface area contributed by atoms with Crippen molar-refractivity contribution in [3.63, 3.8) is 0 Å². The number of ketones is 1. The van der Waals surface area contributed by atoms with E-state index in [1.54, 1.807) is 54.6 Å². The molecule has 268 valence electrons. The van der Waals surface area contributed by atoms with Crippen LogP contribution in [-0.2, 0) is 30.3 Å². The zero-order valence-corrected chi connectivity index (χ0v) is 29.2. The highest BCUT2D eigenvalue weighted by atomic mass is 35.5. The first-order valence-corrected chi connectivity index (χ1v) is 16.9. The smallest absolute Gasteiger partial charge is 0.383 e. The Bertz CT molecular complexity index is 1590. The van der Waals surface area contributed by atoms with Crippen molar-refractivity contribution >= 4 is 46.7 Å². The number of benzene rings is 3. The Morgan fingerprint density at radius 2 is 1.48 bits per heavy atom. The lowest BCUT2D eigenvalue weighted by atomic mass is 9.94. The number of morpholine rings is 1. The maximum Gasteiger partial charge on any atom is 0.383 e. The number of Topliss-reactive ketones (excluding diaryl/α,β-unsaturated/α-hetero) is 1. The predicted octanol–water partition coefficient (Wildman–Crippen LogP) is 4.63. The molecule has 3 aromatic rings. The van der Waals surface area contributed by atoms with Crippen molar-refractivity contribution in [2.24, 2.45) is 5.92 Å². The summed E-state index contributed by atoms with van der Waals surface area (Å²) in [5.74, 6) is -10.3. The second-order valence-electron chi connectivity index (χ2n) is 12.1. The number of carbonyl (C=O) groups excluding carboxylic acids is 4. The van der Waals surface area contributed by atoms with Crippen molar-refractivity contribution in [3.8, 4) is 5.75 Å². The van der Waals surface area contributed by atoms with Gasteiger partial charge in [0.2, 0.25) is 11.7 Å². The molecule has 0 unspecified atom stereocenters. The van der Waals surface area contributed by atoms with Gasteiger partial charge in [0.1, 0.15) is 11.8 Å². The van der Waals surface area contributed by atoms with Gasteiger partial charge < -0.3 is 25.4 Å². The molecule has 1 aliphatic rings. The number of ether oxygens (including phenoxy) is 2. The lowest BCUT2D eigenvalue weighted by Crippen LogP contribution is -2.58. The number of carbonyl (C=O) groups is 4. The summed E-state index contributed by atoms with van der Waals surface area (Å²) in [6.07, 6.45) is -1.11. The molecule has 3 N–H and O–H groups in total. The number of amides is 3. The van der Waals surface area contributed by atoms with Crippen molar-refractivity contribution in [2.45, 2.75) is 44.4 Å². The number of rotatable bonds is 16. The molecule has 14 heteroatoms. The normalized spacial score (nSPS) is 15.4. The first-order chi connectivity index (χ1) is 23.8. The molecule has 10 nitrogen and oxygen atoms in total. The molecule has 0 aliphatic carbocycles. The molecule has 0 spiro atoms. The van der Waals surface area contributed by atoms with Crippen molar-refractivity contribution < 1.29 is 37.4 Å². The summed E-state index contributed by atoms with van der Waals surface area (Å²) in [6.45, 7) is 5.33. The van der Waals surface area contributed by atoms with Crippen molar-refractivity contribution in [1.82, 2.24) is 20.9 Å². The molecule has 3 amide bonds. The quantitative estimate of drug-likeness (QED) is 0.183. The maximum absolute atomic E-state index is 15.3. The van der Waals surface area contributed by atoms with Gasteiger partial charge in [-0.25, -0.2) is 0 Å². The summed E-state index contributed by atoms with van der Waals surface area (Å²) in [4.78, 5) is 55.5. The second-order valence-corrected chi connectivity index (χ2v) is 13.0. The van der Waals surface area contributed by atoms with Crippen LogP contribution in [-0.4, -0.2) is 85.9 Å². The van der Waals surface area contributed by atoms with E-state index in [4.69, 9.17) is 32.7 Å². The van der Waals surface area contributed by atoms with Crippen molar-refractivity contribution in [2.75, 3.05) is 39.4 Å². The predicted molar refractivity (Wildman–Crippen MR) is 185 cm³/mol. The molecule has 1 saturated heterocycles. The van der Waals surface area contributed by atoms with E-state index in [0.29, 0.717) is 38.4 Å². The average molecular weight is 734 g/mol. The number of halogens is 4. The van der Waals surface area contributed by atoms with E-state index in [1.807, 2.05) is 11.0 Å². The molecule has 0 bridgehead atoms. The minimum absolute atomic E-state index is 0.0832. The van der Waals surface area contributed by atoms with E-state index in [2.05, 4.69) is 16.0 Å². The van der Waals surface area contributed by atoms with E-state index in [1.165, 1.54) is 32.0 Å². The Balaban J connectivity index is 1.53. The van der Waals surface area contributed by atoms with Crippen LogP contribution in [0.15, 0.2) is 78.9 Å². The van der Waals surface area contributed by atoms with Gasteiger partial charge in [-0.2, -0.15) is 8.78 Å². The minimum Gasteiger partial charge on any atom is -0.480 e. The highest BCUT2D eigenvalue weighted by molar-refractivity contribution is 6.34. The van der Waals surface area contributed by atoms with Crippen LogP contribution >= 0.6 is 23.2 Å². The van der Waals surface area contributed by atoms with Crippen molar-refractivity contribution in [1.29, 1.82) is 0 Å². The molecule has 3 atom stereocenters. The third-order valence-electron chi connectivity index (χ3n) is 8.01. The van der Waals surface area contributed by atoms with Crippen LogP contribution in [0.4, 0.5) is 8.78 Å². The first kappa shape index (κ1) is 38.7. The van der Waals surface area contributed by atoms with Crippen LogP contribution in [0.25, 0.3) is 0 Å². The van der Waals surface area contributed by atoms with Gasteiger partial charge in [0.25, 0.3) is 11.8 Å². The lowest BCUT2D eigenvalue weighted by molar-refractivity contribution is -0.161. The topological polar surface area (TPSA) is 126 Å². The third-order valence-corrected chi connectivity index (χ3v) is 8.45. The Labute approximate surface area is 299 Å².